The van der Waals surface area contributed by atoms with E-state index >= 15 is 0 Å². The molecule has 0 amide bonds. The molecule has 0 aliphatic carbocycles. The van der Waals surface area contributed by atoms with Crippen molar-refractivity contribution in [2.75, 3.05) is 7.11 Å². The minimum atomic E-state index is -0.270. The third kappa shape index (κ3) is 3.56. The summed E-state index contributed by atoms with van der Waals surface area (Å²) in [7, 11) is 1.64. The van der Waals surface area contributed by atoms with E-state index in [0.29, 0.717) is 16.5 Å². The summed E-state index contributed by atoms with van der Waals surface area (Å²) >= 11 is 18.7. The Labute approximate surface area is 128 Å². The lowest BCUT2D eigenvalue weighted by atomic mass is 10.0. The van der Waals surface area contributed by atoms with Gasteiger partial charge in [-0.3, -0.25) is 0 Å². The molecule has 0 N–H and O–H groups in total. The van der Waals surface area contributed by atoms with E-state index in [9.17, 15) is 0 Å². The lowest BCUT2D eigenvalue weighted by molar-refractivity contribution is 0.414. The first-order valence-corrected chi connectivity index (χ1v) is 7.02. The van der Waals surface area contributed by atoms with Gasteiger partial charge in [-0.1, -0.05) is 41.4 Å². The van der Waals surface area contributed by atoms with Crippen LogP contribution in [0.3, 0.4) is 0 Å². The van der Waals surface area contributed by atoms with E-state index in [1.165, 1.54) is 0 Å². The van der Waals surface area contributed by atoms with Crippen LogP contribution in [0.25, 0.3) is 0 Å². The Balaban J connectivity index is 2.23. The summed E-state index contributed by atoms with van der Waals surface area (Å²) in [6.45, 7) is 0. The summed E-state index contributed by atoms with van der Waals surface area (Å²) < 4.78 is 5.19. The molecule has 0 fully saturated rings. The quantitative estimate of drug-likeness (QED) is 0.675. The molecule has 0 aliphatic heterocycles. The highest BCUT2D eigenvalue weighted by Gasteiger charge is 2.16. The van der Waals surface area contributed by atoms with Crippen LogP contribution in [0.15, 0.2) is 42.5 Å². The van der Waals surface area contributed by atoms with E-state index in [2.05, 4.69) is 0 Å². The second kappa shape index (κ2) is 6.51. The molecule has 1 atom stereocenters. The van der Waals surface area contributed by atoms with Crippen LogP contribution in [0, 0.1) is 0 Å². The third-order valence-corrected chi connectivity index (χ3v) is 3.89. The Morgan fingerprint density at radius 1 is 1.05 bits per heavy atom. The van der Waals surface area contributed by atoms with Gasteiger partial charge in [-0.2, -0.15) is 0 Å². The normalized spacial score (nSPS) is 12.2. The van der Waals surface area contributed by atoms with Gasteiger partial charge in [0, 0.05) is 15.6 Å². The lowest BCUT2D eigenvalue weighted by Gasteiger charge is -2.14. The van der Waals surface area contributed by atoms with E-state index in [1.807, 2.05) is 30.3 Å². The van der Waals surface area contributed by atoms with Crippen molar-refractivity contribution in [2.45, 2.75) is 11.8 Å². The van der Waals surface area contributed by atoms with Crippen LogP contribution in [0.5, 0.6) is 5.75 Å². The van der Waals surface area contributed by atoms with Gasteiger partial charge in [0.05, 0.1) is 12.5 Å². The van der Waals surface area contributed by atoms with Crippen molar-refractivity contribution in [1.82, 2.24) is 0 Å². The van der Waals surface area contributed by atoms with Crippen LogP contribution in [-0.2, 0) is 6.42 Å². The topological polar surface area (TPSA) is 9.23 Å². The summed E-state index contributed by atoms with van der Waals surface area (Å²) in [6, 6.07) is 13.2. The number of hydrogen-bond donors (Lipinski definition) is 0. The number of methoxy groups -OCH3 is 1. The second-order valence-corrected chi connectivity index (χ2v) is 5.50. The predicted molar refractivity (Wildman–Crippen MR) is 81.8 cm³/mol. The highest BCUT2D eigenvalue weighted by molar-refractivity contribution is 6.37. The Morgan fingerprint density at radius 3 is 2.32 bits per heavy atom. The van der Waals surface area contributed by atoms with Gasteiger partial charge in [0.15, 0.2) is 0 Å². The maximum absolute atomic E-state index is 6.44. The van der Waals surface area contributed by atoms with Gasteiger partial charge in [0.25, 0.3) is 0 Å². The summed E-state index contributed by atoms with van der Waals surface area (Å²) in [5.41, 5.74) is 1.85. The van der Waals surface area contributed by atoms with Gasteiger partial charge < -0.3 is 4.74 Å². The number of rotatable bonds is 4. The van der Waals surface area contributed by atoms with Gasteiger partial charge in [-0.25, -0.2) is 0 Å². The molecule has 1 nitrogen and oxygen atoms in total. The lowest BCUT2D eigenvalue weighted by Crippen LogP contribution is -1.98. The fraction of sp³-hybridized carbons (Fsp3) is 0.200. The van der Waals surface area contributed by atoms with E-state index < -0.39 is 0 Å². The fourth-order valence-corrected chi connectivity index (χ4v) is 3.10. The van der Waals surface area contributed by atoms with Gasteiger partial charge in [0.1, 0.15) is 5.75 Å². The predicted octanol–water partition coefficient (Wildman–Crippen LogP) is 5.52. The number of ether oxygens (including phenoxy) is 1. The molecule has 0 radical (unpaired) electrons. The Bertz CT molecular complexity index is 549. The van der Waals surface area contributed by atoms with Crippen LogP contribution < -0.4 is 4.74 Å². The van der Waals surface area contributed by atoms with Gasteiger partial charge in [-0.15, -0.1) is 11.6 Å². The fourth-order valence-electron chi connectivity index (χ4n) is 1.92. The molecule has 2 rings (SSSR count). The van der Waals surface area contributed by atoms with Gasteiger partial charge in [-0.05, 0) is 36.2 Å². The van der Waals surface area contributed by atoms with E-state index in [-0.39, 0.29) is 5.38 Å². The molecule has 2 aromatic carbocycles. The van der Waals surface area contributed by atoms with E-state index in [1.54, 1.807) is 19.2 Å². The summed E-state index contributed by atoms with van der Waals surface area (Å²) in [5.74, 6) is 0.812. The molecule has 19 heavy (non-hydrogen) atoms. The Kier molecular flexibility index (Phi) is 4.98. The summed E-state index contributed by atoms with van der Waals surface area (Å²) in [6.07, 6.45) is 0.641. The standard InChI is InChI=1S/C15H13Cl3O/c1-19-11-5-2-4-10(8-11)9-14(18)15-12(16)6-3-7-13(15)17/h2-8,14H,9H2,1H3. The van der Waals surface area contributed by atoms with Crippen molar-refractivity contribution in [3.8, 4) is 5.75 Å². The van der Waals surface area contributed by atoms with Crippen molar-refractivity contribution < 1.29 is 4.74 Å². The molecule has 1 unspecified atom stereocenters. The van der Waals surface area contributed by atoms with E-state index in [4.69, 9.17) is 39.5 Å². The minimum absolute atomic E-state index is 0.270. The van der Waals surface area contributed by atoms with Gasteiger partial charge >= 0.3 is 0 Å². The number of alkyl halides is 1. The zero-order valence-electron chi connectivity index (χ0n) is 10.4. The highest BCUT2D eigenvalue weighted by Crippen LogP contribution is 2.36. The smallest absolute Gasteiger partial charge is 0.119 e. The molecular formula is C15H13Cl3O. The SMILES string of the molecule is COc1cccc(CC(Cl)c2c(Cl)cccc2Cl)c1. The summed E-state index contributed by atoms with van der Waals surface area (Å²) in [5, 5.41) is 0.916. The number of halogens is 3. The summed E-state index contributed by atoms with van der Waals surface area (Å²) in [4.78, 5) is 0. The Hall–Kier alpha value is -0.890. The maximum atomic E-state index is 6.44. The van der Waals surface area contributed by atoms with Crippen molar-refractivity contribution in [2.24, 2.45) is 0 Å². The zero-order valence-corrected chi connectivity index (χ0v) is 12.6. The number of benzene rings is 2. The Morgan fingerprint density at radius 2 is 1.68 bits per heavy atom. The van der Waals surface area contributed by atoms with Crippen molar-refractivity contribution in [3.63, 3.8) is 0 Å². The molecule has 0 bridgehead atoms. The molecule has 0 spiro atoms. The first kappa shape index (κ1) is 14.5. The average molecular weight is 316 g/mol. The van der Waals surface area contributed by atoms with Crippen molar-refractivity contribution in [1.29, 1.82) is 0 Å². The molecular weight excluding hydrogens is 303 g/mol. The maximum Gasteiger partial charge on any atom is 0.119 e. The molecule has 4 heteroatoms. The monoisotopic (exact) mass is 314 g/mol. The van der Waals surface area contributed by atoms with Crippen molar-refractivity contribution in [3.05, 3.63) is 63.6 Å². The largest absolute Gasteiger partial charge is 0.497 e. The zero-order chi connectivity index (χ0) is 13.8. The minimum Gasteiger partial charge on any atom is -0.497 e. The second-order valence-electron chi connectivity index (χ2n) is 4.16. The third-order valence-electron chi connectivity index (χ3n) is 2.86. The molecule has 100 valence electrons. The van der Waals surface area contributed by atoms with Gasteiger partial charge in [0.2, 0.25) is 0 Å². The van der Waals surface area contributed by atoms with Crippen LogP contribution in [0.4, 0.5) is 0 Å². The molecule has 0 heterocycles. The van der Waals surface area contributed by atoms with Crippen LogP contribution in [0.2, 0.25) is 10.0 Å². The molecule has 0 saturated heterocycles. The molecule has 2 aromatic rings. The highest BCUT2D eigenvalue weighted by atomic mass is 35.5. The first-order valence-electron chi connectivity index (χ1n) is 5.82. The molecule has 0 saturated carbocycles. The van der Waals surface area contributed by atoms with Crippen LogP contribution in [0.1, 0.15) is 16.5 Å². The molecule has 0 aliphatic rings. The van der Waals surface area contributed by atoms with Crippen molar-refractivity contribution >= 4 is 34.8 Å². The average Bonchev–Trinajstić information content (AvgIpc) is 2.38. The molecule has 0 aromatic heterocycles. The van der Waals surface area contributed by atoms with Crippen LogP contribution >= 0.6 is 34.8 Å². The first-order chi connectivity index (χ1) is 9.11. The number of hydrogen-bond acceptors (Lipinski definition) is 1. The van der Waals surface area contributed by atoms with E-state index in [0.717, 1.165) is 16.9 Å². The van der Waals surface area contributed by atoms with Crippen LogP contribution in [-0.4, -0.2) is 7.11 Å².